The predicted molar refractivity (Wildman–Crippen MR) is 54.0 cm³/mol. The van der Waals surface area contributed by atoms with Gasteiger partial charge in [-0.15, -0.1) is 10.2 Å². The van der Waals surface area contributed by atoms with Crippen LogP contribution in [0.15, 0.2) is 24.5 Å². The second kappa shape index (κ2) is 3.87. The summed E-state index contributed by atoms with van der Waals surface area (Å²) in [6.07, 6.45) is 3.04. The van der Waals surface area contributed by atoms with Crippen molar-refractivity contribution < 1.29 is 4.74 Å². The number of nitrogen functional groups attached to an aromatic ring is 1. The third-order valence-corrected chi connectivity index (χ3v) is 1.75. The Morgan fingerprint density at radius 2 is 1.87 bits per heavy atom. The number of hydrogen-bond donors (Lipinski definition) is 1. The Bertz CT molecular complexity index is 439. The van der Waals surface area contributed by atoms with Crippen LogP contribution in [0.25, 0.3) is 11.5 Å². The first kappa shape index (κ1) is 9.32. The van der Waals surface area contributed by atoms with Gasteiger partial charge in [0.05, 0.1) is 25.2 Å². The minimum absolute atomic E-state index is 0.453. The average Bonchev–Trinajstić information content (AvgIpc) is 2.30. The highest BCUT2D eigenvalue weighted by atomic mass is 16.5. The lowest BCUT2D eigenvalue weighted by molar-refractivity contribution is 0.392. The van der Waals surface area contributed by atoms with Gasteiger partial charge in [0.15, 0.2) is 5.82 Å². The Hall–Kier alpha value is -2.24. The van der Waals surface area contributed by atoms with Gasteiger partial charge in [0.1, 0.15) is 5.69 Å². The number of aromatic nitrogens is 4. The van der Waals surface area contributed by atoms with E-state index in [1.165, 1.54) is 19.5 Å². The Kier molecular flexibility index (Phi) is 2.40. The Morgan fingerprint density at radius 1 is 1.13 bits per heavy atom. The van der Waals surface area contributed by atoms with E-state index in [1.807, 2.05) is 0 Å². The molecule has 0 aliphatic carbocycles. The maximum atomic E-state index is 5.47. The first-order valence-corrected chi connectivity index (χ1v) is 4.25. The molecular weight excluding hydrogens is 194 g/mol. The molecule has 6 nitrogen and oxygen atoms in total. The molecule has 0 amide bonds. The highest BCUT2D eigenvalue weighted by Gasteiger charge is 2.03. The molecule has 0 radical (unpaired) electrons. The van der Waals surface area contributed by atoms with Gasteiger partial charge in [-0.25, -0.2) is 9.97 Å². The Balaban J connectivity index is 2.33. The summed E-state index contributed by atoms with van der Waals surface area (Å²) in [6, 6.07) is 3.43. The van der Waals surface area contributed by atoms with Crippen LogP contribution < -0.4 is 10.5 Å². The molecule has 0 aliphatic rings. The second-order valence-electron chi connectivity index (χ2n) is 2.80. The van der Waals surface area contributed by atoms with Crippen LogP contribution in [0.1, 0.15) is 0 Å². The zero-order valence-electron chi connectivity index (χ0n) is 8.08. The van der Waals surface area contributed by atoms with Crippen LogP contribution in [-0.4, -0.2) is 27.3 Å². The lowest BCUT2D eigenvalue weighted by Gasteiger charge is -1.99. The summed E-state index contributed by atoms with van der Waals surface area (Å²) in [5.74, 6) is 0.938. The molecule has 0 bridgehead atoms. The zero-order valence-corrected chi connectivity index (χ0v) is 8.08. The fourth-order valence-electron chi connectivity index (χ4n) is 1.02. The van der Waals surface area contributed by atoms with Gasteiger partial charge in [-0.3, -0.25) is 0 Å². The third-order valence-electron chi connectivity index (χ3n) is 1.75. The molecule has 2 N–H and O–H groups in total. The Labute approximate surface area is 86.2 Å². The van der Waals surface area contributed by atoms with Crippen molar-refractivity contribution in [1.29, 1.82) is 0 Å². The molecule has 76 valence electrons. The number of ether oxygens (including phenoxy) is 1. The molecule has 0 saturated heterocycles. The largest absolute Gasteiger partial charge is 0.480 e. The molecule has 0 unspecified atom stereocenters. The van der Waals surface area contributed by atoms with Gasteiger partial charge in [0, 0.05) is 6.07 Å². The number of rotatable bonds is 2. The van der Waals surface area contributed by atoms with E-state index in [0.717, 1.165) is 0 Å². The van der Waals surface area contributed by atoms with Gasteiger partial charge in [-0.1, -0.05) is 0 Å². The van der Waals surface area contributed by atoms with Gasteiger partial charge in [0.25, 0.3) is 0 Å². The molecule has 2 aromatic heterocycles. The summed E-state index contributed by atoms with van der Waals surface area (Å²) in [4.78, 5) is 8.05. The first-order chi connectivity index (χ1) is 7.29. The third kappa shape index (κ3) is 1.98. The smallest absolute Gasteiger partial charge is 0.233 e. The first-order valence-electron chi connectivity index (χ1n) is 4.25. The van der Waals surface area contributed by atoms with Crippen molar-refractivity contribution in [2.75, 3.05) is 12.8 Å². The maximum Gasteiger partial charge on any atom is 0.233 e. The molecule has 0 spiro atoms. The van der Waals surface area contributed by atoms with Gasteiger partial charge in [-0.2, -0.15) is 0 Å². The van der Waals surface area contributed by atoms with Crippen LogP contribution in [-0.2, 0) is 0 Å². The summed E-state index contributed by atoms with van der Waals surface area (Å²) >= 11 is 0. The molecule has 15 heavy (non-hydrogen) atoms. The van der Waals surface area contributed by atoms with Crippen molar-refractivity contribution in [3.05, 3.63) is 24.5 Å². The highest BCUT2D eigenvalue weighted by molar-refractivity contribution is 5.49. The SMILES string of the molecule is COc1ccc(-c2ncc(N)cn2)nn1. The van der Waals surface area contributed by atoms with Gasteiger partial charge in [0.2, 0.25) is 5.88 Å². The van der Waals surface area contributed by atoms with Crippen molar-refractivity contribution in [3.8, 4) is 17.4 Å². The fraction of sp³-hybridized carbons (Fsp3) is 0.111. The predicted octanol–water partition coefficient (Wildman–Crippen LogP) is 0.524. The number of nitrogens with zero attached hydrogens (tertiary/aromatic N) is 4. The number of anilines is 1. The van der Waals surface area contributed by atoms with Crippen molar-refractivity contribution in [1.82, 2.24) is 20.2 Å². The minimum Gasteiger partial charge on any atom is -0.480 e. The van der Waals surface area contributed by atoms with Crippen molar-refractivity contribution in [3.63, 3.8) is 0 Å². The molecule has 2 heterocycles. The van der Waals surface area contributed by atoms with E-state index in [2.05, 4.69) is 20.2 Å². The van der Waals surface area contributed by atoms with E-state index < -0.39 is 0 Å². The Morgan fingerprint density at radius 3 is 2.40 bits per heavy atom. The van der Waals surface area contributed by atoms with Crippen molar-refractivity contribution >= 4 is 5.69 Å². The summed E-state index contributed by atoms with van der Waals surface area (Å²) in [6.45, 7) is 0. The van der Waals surface area contributed by atoms with E-state index in [4.69, 9.17) is 10.5 Å². The lowest BCUT2D eigenvalue weighted by Crippen LogP contribution is -1.96. The lowest BCUT2D eigenvalue weighted by atomic mass is 10.3. The molecule has 2 rings (SSSR count). The van der Waals surface area contributed by atoms with Crippen molar-refractivity contribution in [2.45, 2.75) is 0 Å². The van der Waals surface area contributed by atoms with Gasteiger partial charge >= 0.3 is 0 Å². The topological polar surface area (TPSA) is 86.8 Å². The minimum atomic E-state index is 0.453. The van der Waals surface area contributed by atoms with E-state index in [0.29, 0.717) is 23.1 Å². The summed E-state index contributed by atoms with van der Waals surface area (Å²) < 4.78 is 4.89. The quantitative estimate of drug-likeness (QED) is 0.765. The molecule has 0 fully saturated rings. The van der Waals surface area contributed by atoms with Crippen molar-refractivity contribution in [2.24, 2.45) is 0 Å². The van der Waals surface area contributed by atoms with Crippen LogP contribution in [0, 0.1) is 0 Å². The molecule has 0 aromatic carbocycles. The monoisotopic (exact) mass is 203 g/mol. The summed E-state index contributed by atoms with van der Waals surface area (Å²) in [5, 5.41) is 7.72. The summed E-state index contributed by atoms with van der Waals surface area (Å²) in [7, 11) is 1.53. The molecule has 0 saturated carbocycles. The molecule has 2 aromatic rings. The molecule has 6 heteroatoms. The highest BCUT2D eigenvalue weighted by Crippen LogP contribution is 2.13. The van der Waals surface area contributed by atoms with E-state index >= 15 is 0 Å². The van der Waals surface area contributed by atoms with E-state index in [-0.39, 0.29) is 0 Å². The van der Waals surface area contributed by atoms with E-state index in [9.17, 15) is 0 Å². The number of methoxy groups -OCH3 is 1. The molecule has 0 atom stereocenters. The van der Waals surface area contributed by atoms with Gasteiger partial charge < -0.3 is 10.5 Å². The fourth-order valence-corrected chi connectivity index (χ4v) is 1.02. The zero-order chi connectivity index (χ0) is 10.7. The molecular formula is C9H9N5O. The van der Waals surface area contributed by atoms with E-state index in [1.54, 1.807) is 12.1 Å². The maximum absolute atomic E-state index is 5.47. The molecule has 0 aliphatic heterocycles. The van der Waals surface area contributed by atoms with Crippen LogP contribution in [0.3, 0.4) is 0 Å². The average molecular weight is 203 g/mol. The van der Waals surface area contributed by atoms with Crippen LogP contribution in [0.5, 0.6) is 5.88 Å². The second-order valence-corrected chi connectivity index (χ2v) is 2.80. The van der Waals surface area contributed by atoms with Gasteiger partial charge in [-0.05, 0) is 6.07 Å². The standard InChI is InChI=1S/C9H9N5O/c1-15-8-3-2-7(13-14-8)9-11-4-6(10)5-12-9/h2-5H,10H2,1H3. The number of hydrogen-bond acceptors (Lipinski definition) is 6. The summed E-state index contributed by atoms with van der Waals surface area (Å²) in [5.41, 5.74) is 6.56. The normalized spacial score (nSPS) is 9.93. The van der Waals surface area contributed by atoms with Crippen LogP contribution in [0.4, 0.5) is 5.69 Å². The number of nitrogens with two attached hydrogens (primary N) is 1. The van der Waals surface area contributed by atoms with Crippen LogP contribution >= 0.6 is 0 Å². The van der Waals surface area contributed by atoms with Crippen LogP contribution in [0.2, 0.25) is 0 Å².